The fraction of sp³-hybridized carbons (Fsp3) is 0.500. The lowest BCUT2D eigenvalue weighted by molar-refractivity contribution is -0.668. The van der Waals surface area contributed by atoms with Gasteiger partial charge in [-0.3, -0.25) is 0 Å². The molecule has 0 N–H and O–H groups in total. The van der Waals surface area contributed by atoms with Gasteiger partial charge in [-0.05, 0) is 6.92 Å². The van der Waals surface area contributed by atoms with Crippen molar-refractivity contribution in [3.63, 3.8) is 0 Å². The number of aryl methyl sites for hydroxylation is 2. The molecule has 0 radical (unpaired) electrons. The largest absolute Gasteiger partial charge is 0.354 e. The monoisotopic (exact) mass is 145 g/mol. The molecule has 0 fully saturated rings. The molecule has 0 bridgehead atoms. The lowest BCUT2D eigenvalue weighted by Gasteiger charge is -1.87. The van der Waals surface area contributed by atoms with E-state index >= 15 is 0 Å². The van der Waals surface area contributed by atoms with Crippen molar-refractivity contribution < 1.29 is 4.57 Å². The van der Waals surface area contributed by atoms with Crippen LogP contribution in [0.1, 0.15) is 6.92 Å². The minimum Gasteiger partial charge on any atom is -0.223 e. The normalized spacial score (nSPS) is 10.1. The van der Waals surface area contributed by atoms with E-state index in [0.29, 0.717) is 0 Å². The highest BCUT2D eigenvalue weighted by atomic mass is 35.5. The first kappa shape index (κ1) is 6.62. The van der Waals surface area contributed by atoms with Gasteiger partial charge in [0, 0.05) is 11.6 Å². The first-order valence-electron chi connectivity index (χ1n) is 2.96. The Kier molecular flexibility index (Phi) is 1.76. The van der Waals surface area contributed by atoms with E-state index in [1.807, 2.05) is 28.6 Å². The molecule has 0 aliphatic rings. The molecular weight excluding hydrogens is 136 g/mol. The Labute approximate surface area is 59.7 Å². The molecule has 50 valence electrons. The van der Waals surface area contributed by atoms with Gasteiger partial charge < -0.3 is 0 Å². The van der Waals surface area contributed by atoms with Gasteiger partial charge in [0.2, 0.25) is 0 Å². The van der Waals surface area contributed by atoms with E-state index in [9.17, 15) is 0 Å². The molecule has 9 heavy (non-hydrogen) atoms. The molecule has 0 unspecified atom stereocenters. The van der Waals surface area contributed by atoms with Crippen LogP contribution in [-0.4, -0.2) is 4.57 Å². The molecule has 1 aromatic heterocycles. The van der Waals surface area contributed by atoms with Gasteiger partial charge in [0.25, 0.3) is 0 Å². The summed E-state index contributed by atoms with van der Waals surface area (Å²) in [6.45, 7) is 2.99. The van der Waals surface area contributed by atoms with E-state index in [4.69, 9.17) is 11.6 Å². The summed E-state index contributed by atoms with van der Waals surface area (Å²) in [5.41, 5.74) is 0. The number of hydrogen-bond acceptors (Lipinski definition) is 0. The molecule has 0 atom stereocenters. The molecule has 0 amide bonds. The number of halogens is 1. The fourth-order valence-corrected chi connectivity index (χ4v) is 0.974. The molecule has 2 nitrogen and oxygen atoms in total. The summed E-state index contributed by atoms with van der Waals surface area (Å²) in [6, 6.07) is 0. The van der Waals surface area contributed by atoms with Crippen LogP contribution in [0.3, 0.4) is 0 Å². The van der Waals surface area contributed by atoms with E-state index in [-0.39, 0.29) is 0 Å². The molecule has 0 aliphatic carbocycles. The van der Waals surface area contributed by atoms with Gasteiger partial charge in [0.15, 0.2) is 0 Å². The predicted octanol–water partition coefficient (Wildman–Crippen LogP) is 0.986. The van der Waals surface area contributed by atoms with Crippen molar-refractivity contribution in [2.45, 2.75) is 13.5 Å². The molecule has 1 heterocycles. The Balaban J connectivity index is 3.04. The Hall–Kier alpha value is -0.500. The highest BCUT2D eigenvalue weighted by molar-refractivity contribution is 6.27. The summed E-state index contributed by atoms with van der Waals surface area (Å²) in [5.74, 6) is 0. The molecule has 0 spiro atoms. The van der Waals surface area contributed by atoms with Crippen LogP contribution in [0.2, 0.25) is 5.28 Å². The van der Waals surface area contributed by atoms with Crippen molar-refractivity contribution in [1.29, 1.82) is 0 Å². The van der Waals surface area contributed by atoms with E-state index in [1.54, 1.807) is 0 Å². The topological polar surface area (TPSA) is 8.81 Å². The maximum absolute atomic E-state index is 5.83. The smallest absolute Gasteiger partial charge is 0.223 e. The standard InChI is InChI=1S/C6H10ClN2/c1-3-9-5-4-8(2)6(9)7/h4-5H,3H2,1-2H3/q+1. The zero-order chi connectivity index (χ0) is 6.85. The van der Waals surface area contributed by atoms with E-state index < -0.39 is 0 Å². The van der Waals surface area contributed by atoms with Gasteiger partial charge in [-0.25, -0.2) is 9.13 Å². The van der Waals surface area contributed by atoms with Crippen LogP contribution < -0.4 is 4.57 Å². The summed E-state index contributed by atoms with van der Waals surface area (Å²) in [7, 11) is 1.93. The molecule has 1 rings (SSSR count). The number of nitrogens with zero attached hydrogens (tertiary/aromatic N) is 2. The van der Waals surface area contributed by atoms with Gasteiger partial charge in [-0.2, -0.15) is 0 Å². The zero-order valence-electron chi connectivity index (χ0n) is 5.63. The number of rotatable bonds is 1. The Morgan fingerprint density at radius 3 is 2.67 bits per heavy atom. The van der Waals surface area contributed by atoms with Crippen LogP contribution in [0.5, 0.6) is 0 Å². The maximum Gasteiger partial charge on any atom is 0.354 e. The van der Waals surface area contributed by atoms with Crippen molar-refractivity contribution in [2.75, 3.05) is 0 Å². The second kappa shape index (κ2) is 2.40. The third-order valence-electron chi connectivity index (χ3n) is 1.34. The van der Waals surface area contributed by atoms with Gasteiger partial charge >= 0.3 is 5.28 Å². The average Bonchev–Trinajstić information content (AvgIpc) is 2.15. The van der Waals surface area contributed by atoms with Crippen molar-refractivity contribution >= 4 is 11.6 Å². The third kappa shape index (κ3) is 1.08. The number of aromatic nitrogens is 2. The van der Waals surface area contributed by atoms with Crippen molar-refractivity contribution in [2.24, 2.45) is 7.05 Å². The molecular formula is C6H10ClN2+. The van der Waals surface area contributed by atoms with E-state index in [1.165, 1.54) is 0 Å². The minimum absolute atomic E-state index is 0.775. The molecule has 0 saturated heterocycles. The lowest BCUT2D eigenvalue weighted by Crippen LogP contribution is -2.26. The van der Waals surface area contributed by atoms with Crippen LogP contribution in [0, 0.1) is 0 Å². The predicted molar refractivity (Wildman–Crippen MR) is 36.3 cm³/mol. The number of hydrogen-bond donors (Lipinski definition) is 0. The second-order valence-corrected chi connectivity index (χ2v) is 2.30. The average molecular weight is 146 g/mol. The summed E-state index contributed by atoms with van der Waals surface area (Å²) >= 11 is 5.83. The Bertz CT molecular complexity index is 205. The van der Waals surface area contributed by atoms with Crippen LogP contribution in [-0.2, 0) is 13.6 Å². The van der Waals surface area contributed by atoms with Crippen molar-refractivity contribution in [3.8, 4) is 0 Å². The van der Waals surface area contributed by atoms with Gasteiger partial charge in [0.05, 0.1) is 13.6 Å². The van der Waals surface area contributed by atoms with Crippen molar-refractivity contribution in [1.82, 2.24) is 4.57 Å². The van der Waals surface area contributed by atoms with Crippen LogP contribution in [0.25, 0.3) is 0 Å². The maximum atomic E-state index is 5.83. The fourth-order valence-electron chi connectivity index (χ4n) is 0.742. The van der Waals surface area contributed by atoms with Gasteiger partial charge in [-0.15, -0.1) is 0 Å². The quantitative estimate of drug-likeness (QED) is 0.521. The van der Waals surface area contributed by atoms with E-state index in [0.717, 1.165) is 11.8 Å². The second-order valence-electron chi connectivity index (χ2n) is 1.96. The highest BCUT2D eigenvalue weighted by Gasteiger charge is 2.07. The van der Waals surface area contributed by atoms with Crippen molar-refractivity contribution in [3.05, 3.63) is 17.7 Å². The Morgan fingerprint density at radius 2 is 2.44 bits per heavy atom. The van der Waals surface area contributed by atoms with Crippen LogP contribution >= 0.6 is 11.6 Å². The summed E-state index contributed by atoms with van der Waals surface area (Å²) in [5, 5.41) is 0.775. The van der Waals surface area contributed by atoms with Gasteiger partial charge in [-0.1, -0.05) is 0 Å². The number of imidazole rings is 1. The summed E-state index contributed by atoms with van der Waals surface area (Å²) < 4.78 is 3.85. The lowest BCUT2D eigenvalue weighted by atomic mass is 10.7. The molecule has 0 saturated carbocycles. The van der Waals surface area contributed by atoms with Crippen LogP contribution in [0.15, 0.2) is 12.4 Å². The van der Waals surface area contributed by atoms with E-state index in [2.05, 4.69) is 6.92 Å². The summed E-state index contributed by atoms with van der Waals surface area (Å²) in [6.07, 6.45) is 3.90. The summed E-state index contributed by atoms with van der Waals surface area (Å²) in [4.78, 5) is 0. The third-order valence-corrected chi connectivity index (χ3v) is 1.82. The van der Waals surface area contributed by atoms with Gasteiger partial charge in [0.1, 0.15) is 12.4 Å². The first-order chi connectivity index (χ1) is 4.25. The minimum atomic E-state index is 0.775. The molecule has 1 aromatic rings. The van der Waals surface area contributed by atoms with Crippen LogP contribution in [0.4, 0.5) is 0 Å². The first-order valence-corrected chi connectivity index (χ1v) is 3.33. The molecule has 0 aromatic carbocycles. The molecule has 0 aliphatic heterocycles. The molecule has 3 heteroatoms. The Morgan fingerprint density at radius 1 is 1.78 bits per heavy atom. The highest BCUT2D eigenvalue weighted by Crippen LogP contribution is 2.00. The zero-order valence-corrected chi connectivity index (χ0v) is 6.39. The SMILES string of the molecule is CCn1cc[n+](C)c1Cl.